The summed E-state index contributed by atoms with van der Waals surface area (Å²) in [5.41, 5.74) is 6.59. The van der Waals surface area contributed by atoms with Crippen molar-refractivity contribution < 1.29 is 0 Å². The zero-order chi connectivity index (χ0) is 12.9. The molecule has 0 aliphatic rings. The number of unbranched alkanes of at least 4 members (excludes halogenated alkanes) is 4. The van der Waals surface area contributed by atoms with Gasteiger partial charge in [-0.05, 0) is 52.9 Å². The van der Waals surface area contributed by atoms with Gasteiger partial charge in [-0.1, -0.05) is 25.8 Å². The Hall–Kier alpha value is -0.540. The van der Waals surface area contributed by atoms with E-state index in [1.54, 1.807) is 0 Å². The standard InChI is InChI=1S/C14H31N3/c1-14(10-9-11-15)16-12-7-5-4-6-8-13-17(2)3/h16H,1,4-13,15H2,2-3H3. The first kappa shape index (κ1) is 16.5. The number of rotatable bonds is 12. The van der Waals surface area contributed by atoms with Gasteiger partial charge in [0.25, 0.3) is 0 Å². The summed E-state index contributed by atoms with van der Waals surface area (Å²) in [4.78, 5) is 2.25. The molecule has 0 aliphatic heterocycles. The molecule has 0 unspecified atom stereocenters. The summed E-state index contributed by atoms with van der Waals surface area (Å²) in [6.45, 7) is 7.03. The van der Waals surface area contributed by atoms with Gasteiger partial charge >= 0.3 is 0 Å². The molecule has 0 saturated carbocycles. The number of allylic oxidation sites excluding steroid dienone is 1. The number of nitrogens with zero attached hydrogens (tertiary/aromatic N) is 1. The van der Waals surface area contributed by atoms with Crippen molar-refractivity contribution in [1.82, 2.24) is 10.2 Å². The second kappa shape index (κ2) is 11.9. The lowest BCUT2D eigenvalue weighted by Gasteiger charge is -2.10. The predicted molar refractivity (Wildman–Crippen MR) is 77.1 cm³/mol. The van der Waals surface area contributed by atoms with Crippen molar-refractivity contribution in [2.24, 2.45) is 5.73 Å². The number of nitrogens with two attached hydrogens (primary N) is 1. The molecule has 0 atom stereocenters. The Balaban J connectivity index is 3.10. The van der Waals surface area contributed by atoms with Crippen LogP contribution in [0.2, 0.25) is 0 Å². The van der Waals surface area contributed by atoms with Crippen molar-refractivity contribution in [3.05, 3.63) is 12.3 Å². The topological polar surface area (TPSA) is 41.3 Å². The van der Waals surface area contributed by atoms with Gasteiger partial charge in [0.2, 0.25) is 0 Å². The van der Waals surface area contributed by atoms with Crippen LogP contribution in [-0.2, 0) is 0 Å². The van der Waals surface area contributed by atoms with Gasteiger partial charge in [-0.3, -0.25) is 0 Å². The van der Waals surface area contributed by atoms with Crippen LogP contribution < -0.4 is 11.1 Å². The molecule has 0 aliphatic carbocycles. The molecule has 0 heterocycles. The molecule has 17 heavy (non-hydrogen) atoms. The van der Waals surface area contributed by atoms with Crippen molar-refractivity contribution in [3.63, 3.8) is 0 Å². The lowest BCUT2D eigenvalue weighted by atomic mass is 10.1. The van der Waals surface area contributed by atoms with Gasteiger partial charge in [0.1, 0.15) is 0 Å². The zero-order valence-corrected chi connectivity index (χ0v) is 11.8. The third-order valence-corrected chi connectivity index (χ3v) is 2.84. The predicted octanol–water partition coefficient (Wildman–Crippen LogP) is 2.34. The highest BCUT2D eigenvalue weighted by atomic mass is 15.0. The average molecular weight is 241 g/mol. The normalized spacial score (nSPS) is 10.8. The summed E-state index contributed by atoms with van der Waals surface area (Å²) in [5, 5.41) is 3.37. The van der Waals surface area contributed by atoms with Gasteiger partial charge in [-0.2, -0.15) is 0 Å². The van der Waals surface area contributed by atoms with Crippen LogP contribution in [0.4, 0.5) is 0 Å². The Morgan fingerprint density at radius 3 is 2.35 bits per heavy atom. The van der Waals surface area contributed by atoms with Gasteiger partial charge in [0, 0.05) is 12.2 Å². The summed E-state index contributed by atoms with van der Waals surface area (Å²) in [6.07, 6.45) is 8.66. The van der Waals surface area contributed by atoms with Crippen LogP contribution in [0.15, 0.2) is 12.3 Å². The third kappa shape index (κ3) is 13.4. The molecule has 3 heteroatoms. The Kier molecular flexibility index (Phi) is 11.6. The van der Waals surface area contributed by atoms with Crippen molar-refractivity contribution >= 4 is 0 Å². The molecule has 3 N–H and O–H groups in total. The van der Waals surface area contributed by atoms with Crippen molar-refractivity contribution in [2.75, 3.05) is 33.7 Å². The first-order valence-corrected chi connectivity index (χ1v) is 6.93. The van der Waals surface area contributed by atoms with E-state index in [0.29, 0.717) is 0 Å². The maximum absolute atomic E-state index is 5.45. The van der Waals surface area contributed by atoms with Crippen LogP contribution in [0.5, 0.6) is 0 Å². The summed E-state index contributed by atoms with van der Waals surface area (Å²) in [6, 6.07) is 0. The molecule has 0 saturated heterocycles. The molecule has 102 valence electrons. The summed E-state index contributed by atoms with van der Waals surface area (Å²) >= 11 is 0. The Labute approximate surface area is 107 Å². The fourth-order valence-corrected chi connectivity index (χ4v) is 1.75. The van der Waals surface area contributed by atoms with E-state index in [4.69, 9.17) is 5.73 Å². The van der Waals surface area contributed by atoms with Crippen LogP contribution in [0.25, 0.3) is 0 Å². The fraction of sp³-hybridized carbons (Fsp3) is 0.857. The molecule has 3 nitrogen and oxygen atoms in total. The van der Waals surface area contributed by atoms with Crippen molar-refractivity contribution in [3.8, 4) is 0 Å². The molecular formula is C14H31N3. The molecule has 0 amide bonds. The third-order valence-electron chi connectivity index (χ3n) is 2.84. The Bertz CT molecular complexity index is 178. The minimum absolute atomic E-state index is 0.757. The lowest BCUT2D eigenvalue weighted by Crippen LogP contribution is -2.15. The maximum atomic E-state index is 5.45. The van der Waals surface area contributed by atoms with Crippen molar-refractivity contribution in [2.45, 2.75) is 44.9 Å². The minimum Gasteiger partial charge on any atom is -0.389 e. The van der Waals surface area contributed by atoms with Gasteiger partial charge in [0.05, 0.1) is 0 Å². The number of nitrogens with one attached hydrogen (secondary N) is 1. The van der Waals surface area contributed by atoms with Crippen LogP contribution in [0, 0.1) is 0 Å². The van der Waals surface area contributed by atoms with Gasteiger partial charge in [-0.25, -0.2) is 0 Å². The van der Waals surface area contributed by atoms with Crippen LogP contribution >= 0.6 is 0 Å². The summed E-state index contributed by atoms with van der Waals surface area (Å²) in [7, 11) is 4.27. The highest BCUT2D eigenvalue weighted by Crippen LogP contribution is 2.04. The first-order chi connectivity index (χ1) is 8.16. The van der Waals surface area contributed by atoms with Gasteiger partial charge < -0.3 is 16.0 Å². The second-order valence-corrected chi connectivity index (χ2v) is 4.99. The smallest absolute Gasteiger partial charge is 0.0143 e. The van der Waals surface area contributed by atoms with Gasteiger partial charge in [0.15, 0.2) is 0 Å². The van der Waals surface area contributed by atoms with E-state index in [-0.39, 0.29) is 0 Å². The quantitative estimate of drug-likeness (QED) is 0.515. The first-order valence-electron chi connectivity index (χ1n) is 6.93. The Morgan fingerprint density at radius 1 is 1.06 bits per heavy atom. The molecule has 0 fully saturated rings. The van der Waals surface area contributed by atoms with Crippen molar-refractivity contribution in [1.29, 1.82) is 0 Å². The molecular weight excluding hydrogens is 210 g/mol. The highest BCUT2D eigenvalue weighted by Gasteiger charge is 1.94. The van der Waals surface area contributed by atoms with E-state index >= 15 is 0 Å². The summed E-state index contributed by atoms with van der Waals surface area (Å²) in [5.74, 6) is 0. The fourth-order valence-electron chi connectivity index (χ4n) is 1.75. The molecule has 0 bridgehead atoms. The second-order valence-electron chi connectivity index (χ2n) is 4.99. The maximum Gasteiger partial charge on any atom is 0.0143 e. The molecule has 0 radical (unpaired) electrons. The monoisotopic (exact) mass is 241 g/mol. The molecule has 0 spiro atoms. The lowest BCUT2D eigenvalue weighted by molar-refractivity contribution is 0.389. The van der Waals surface area contributed by atoms with E-state index in [1.165, 1.54) is 38.6 Å². The highest BCUT2D eigenvalue weighted by molar-refractivity contribution is 4.90. The molecule has 0 aromatic heterocycles. The molecule has 0 rings (SSSR count). The number of hydrogen-bond donors (Lipinski definition) is 2. The molecule has 0 aromatic carbocycles. The SMILES string of the molecule is C=C(CCCN)NCCCCCCCN(C)C. The minimum atomic E-state index is 0.757. The summed E-state index contributed by atoms with van der Waals surface area (Å²) < 4.78 is 0. The van der Waals surface area contributed by atoms with Crippen LogP contribution in [-0.4, -0.2) is 38.6 Å². The van der Waals surface area contributed by atoms with Crippen LogP contribution in [0.3, 0.4) is 0 Å². The largest absolute Gasteiger partial charge is 0.389 e. The average Bonchev–Trinajstić information content (AvgIpc) is 2.29. The molecule has 0 aromatic rings. The van der Waals surface area contributed by atoms with E-state index in [1.807, 2.05) is 0 Å². The Morgan fingerprint density at radius 2 is 1.71 bits per heavy atom. The van der Waals surface area contributed by atoms with Gasteiger partial charge in [-0.15, -0.1) is 0 Å². The van der Waals surface area contributed by atoms with E-state index in [9.17, 15) is 0 Å². The van der Waals surface area contributed by atoms with E-state index in [2.05, 4.69) is 30.9 Å². The zero-order valence-electron chi connectivity index (χ0n) is 11.8. The number of hydrogen-bond acceptors (Lipinski definition) is 3. The van der Waals surface area contributed by atoms with E-state index in [0.717, 1.165) is 31.6 Å². The van der Waals surface area contributed by atoms with Crippen LogP contribution in [0.1, 0.15) is 44.9 Å². The van der Waals surface area contributed by atoms with E-state index < -0.39 is 0 Å².